The van der Waals surface area contributed by atoms with E-state index in [4.69, 9.17) is 5.73 Å². The molecule has 0 amide bonds. The quantitative estimate of drug-likeness (QED) is 0.898. The van der Waals surface area contributed by atoms with Crippen molar-refractivity contribution in [1.82, 2.24) is 4.90 Å². The highest BCUT2D eigenvalue weighted by molar-refractivity contribution is 5.19. The Balaban J connectivity index is 1.96. The monoisotopic (exact) mass is 254 g/mol. The van der Waals surface area contributed by atoms with Gasteiger partial charge in [-0.15, -0.1) is 0 Å². The van der Waals surface area contributed by atoms with E-state index >= 15 is 0 Å². The van der Waals surface area contributed by atoms with E-state index in [0.29, 0.717) is 12.5 Å². The Bertz CT molecular complexity index is 379. The second kappa shape index (κ2) is 5.76. The van der Waals surface area contributed by atoms with Crippen molar-refractivity contribution in [2.24, 2.45) is 11.7 Å². The van der Waals surface area contributed by atoms with Crippen molar-refractivity contribution in [3.63, 3.8) is 0 Å². The maximum atomic E-state index is 13.5. The summed E-state index contributed by atoms with van der Waals surface area (Å²) in [5.74, 6) is -0.375. The first kappa shape index (κ1) is 13.4. The fourth-order valence-corrected chi connectivity index (χ4v) is 2.54. The van der Waals surface area contributed by atoms with Crippen molar-refractivity contribution in [2.75, 3.05) is 13.1 Å². The zero-order valence-corrected chi connectivity index (χ0v) is 10.7. The third-order valence-corrected chi connectivity index (χ3v) is 3.82. The van der Waals surface area contributed by atoms with E-state index < -0.39 is 11.6 Å². The molecule has 1 aromatic rings. The zero-order valence-electron chi connectivity index (χ0n) is 10.7. The summed E-state index contributed by atoms with van der Waals surface area (Å²) in [6.45, 7) is 4.10. The van der Waals surface area contributed by atoms with Crippen molar-refractivity contribution in [3.05, 3.63) is 35.4 Å². The van der Waals surface area contributed by atoms with E-state index in [0.717, 1.165) is 25.9 Å². The van der Waals surface area contributed by atoms with E-state index in [2.05, 4.69) is 4.90 Å². The minimum Gasteiger partial charge on any atom is -0.328 e. The van der Waals surface area contributed by atoms with Crippen molar-refractivity contribution >= 4 is 0 Å². The Morgan fingerprint density at radius 3 is 2.33 bits per heavy atom. The van der Waals surface area contributed by atoms with Gasteiger partial charge in [0.05, 0.1) is 0 Å². The van der Waals surface area contributed by atoms with E-state index in [1.54, 1.807) is 0 Å². The van der Waals surface area contributed by atoms with Gasteiger partial charge in [0.25, 0.3) is 0 Å². The van der Waals surface area contributed by atoms with Crippen molar-refractivity contribution in [2.45, 2.75) is 32.4 Å². The first-order valence-electron chi connectivity index (χ1n) is 6.48. The molecule has 1 atom stereocenters. The minimum absolute atomic E-state index is 0.178. The minimum atomic E-state index is -0.454. The van der Waals surface area contributed by atoms with Crippen LogP contribution in [0.2, 0.25) is 0 Å². The molecule has 1 saturated heterocycles. The molecule has 0 aromatic heterocycles. The number of hydrogen-bond donors (Lipinski definition) is 1. The molecule has 0 aliphatic carbocycles. The molecule has 2 N–H and O–H groups in total. The molecule has 100 valence electrons. The van der Waals surface area contributed by atoms with Crippen LogP contribution in [0.3, 0.4) is 0 Å². The lowest BCUT2D eigenvalue weighted by molar-refractivity contribution is 0.162. The summed E-state index contributed by atoms with van der Waals surface area (Å²) in [6.07, 6.45) is 2.02. The number of rotatable bonds is 3. The highest BCUT2D eigenvalue weighted by Crippen LogP contribution is 2.22. The van der Waals surface area contributed by atoms with Crippen LogP contribution in [0.1, 0.15) is 25.3 Å². The van der Waals surface area contributed by atoms with Gasteiger partial charge in [-0.25, -0.2) is 8.78 Å². The van der Waals surface area contributed by atoms with Crippen LogP contribution in [0.4, 0.5) is 8.78 Å². The smallest absolute Gasteiger partial charge is 0.130 e. The molecule has 0 radical (unpaired) electrons. The zero-order chi connectivity index (χ0) is 13.1. The van der Waals surface area contributed by atoms with Gasteiger partial charge in [0, 0.05) is 18.2 Å². The highest BCUT2D eigenvalue weighted by Gasteiger charge is 2.23. The summed E-state index contributed by atoms with van der Waals surface area (Å²) >= 11 is 0. The van der Waals surface area contributed by atoms with Crippen LogP contribution in [0.15, 0.2) is 18.2 Å². The Kier molecular flexibility index (Phi) is 4.30. The number of likely N-dealkylation sites (tertiary alicyclic amines) is 1. The lowest BCUT2D eigenvalue weighted by Gasteiger charge is -2.33. The molecule has 1 aliphatic rings. The van der Waals surface area contributed by atoms with Crippen molar-refractivity contribution < 1.29 is 8.78 Å². The fourth-order valence-electron chi connectivity index (χ4n) is 2.54. The Labute approximate surface area is 107 Å². The highest BCUT2D eigenvalue weighted by atomic mass is 19.1. The largest absolute Gasteiger partial charge is 0.328 e. The number of nitrogens with two attached hydrogens (primary N) is 1. The number of benzene rings is 1. The van der Waals surface area contributed by atoms with Gasteiger partial charge in [-0.3, -0.25) is 4.90 Å². The van der Waals surface area contributed by atoms with Gasteiger partial charge in [-0.1, -0.05) is 6.07 Å². The van der Waals surface area contributed by atoms with Gasteiger partial charge in [-0.2, -0.15) is 0 Å². The van der Waals surface area contributed by atoms with Crippen LogP contribution in [-0.2, 0) is 6.54 Å². The van der Waals surface area contributed by atoms with Crippen LogP contribution < -0.4 is 5.73 Å². The predicted octanol–water partition coefficient (Wildman–Crippen LogP) is 2.52. The summed E-state index contributed by atoms with van der Waals surface area (Å²) in [7, 11) is 0. The van der Waals surface area contributed by atoms with Gasteiger partial charge in [0.15, 0.2) is 0 Å². The lowest BCUT2D eigenvalue weighted by atomic mass is 9.91. The second-order valence-corrected chi connectivity index (χ2v) is 5.17. The summed E-state index contributed by atoms with van der Waals surface area (Å²) in [5, 5.41) is 0. The Hall–Kier alpha value is -1.00. The standard InChI is InChI=1S/C14H20F2N2/c1-10(17)11-5-7-18(8-6-11)9-12-13(15)3-2-4-14(12)16/h2-4,10-11H,5-9,17H2,1H3. The molecule has 0 saturated carbocycles. The second-order valence-electron chi connectivity index (χ2n) is 5.17. The van der Waals surface area contributed by atoms with E-state index in [-0.39, 0.29) is 11.6 Å². The number of nitrogens with zero attached hydrogens (tertiary/aromatic N) is 1. The summed E-state index contributed by atoms with van der Waals surface area (Å²) in [6, 6.07) is 4.23. The molecule has 4 heteroatoms. The molecule has 0 spiro atoms. The Morgan fingerprint density at radius 1 is 1.28 bits per heavy atom. The maximum Gasteiger partial charge on any atom is 0.130 e. The third-order valence-electron chi connectivity index (χ3n) is 3.82. The number of hydrogen-bond acceptors (Lipinski definition) is 2. The first-order valence-corrected chi connectivity index (χ1v) is 6.48. The molecule has 1 fully saturated rings. The van der Waals surface area contributed by atoms with Gasteiger partial charge in [0.2, 0.25) is 0 Å². The first-order chi connectivity index (χ1) is 8.58. The average molecular weight is 254 g/mol. The van der Waals surface area contributed by atoms with Gasteiger partial charge < -0.3 is 5.73 Å². The molecule has 2 rings (SSSR count). The molecule has 1 aliphatic heterocycles. The topological polar surface area (TPSA) is 29.3 Å². The third kappa shape index (κ3) is 3.06. The van der Waals surface area contributed by atoms with E-state index in [1.165, 1.54) is 18.2 Å². The van der Waals surface area contributed by atoms with Crippen LogP contribution in [0.5, 0.6) is 0 Å². The van der Waals surface area contributed by atoms with Gasteiger partial charge in [0.1, 0.15) is 11.6 Å². The van der Waals surface area contributed by atoms with Crippen LogP contribution in [0.25, 0.3) is 0 Å². The summed E-state index contributed by atoms with van der Waals surface area (Å²) < 4.78 is 27.0. The SMILES string of the molecule is CC(N)C1CCN(Cc2c(F)cccc2F)CC1. The summed E-state index contributed by atoms with van der Waals surface area (Å²) in [5.41, 5.74) is 6.05. The van der Waals surface area contributed by atoms with Crippen molar-refractivity contribution in [3.8, 4) is 0 Å². The average Bonchev–Trinajstić information content (AvgIpc) is 2.34. The van der Waals surface area contributed by atoms with Gasteiger partial charge >= 0.3 is 0 Å². The van der Waals surface area contributed by atoms with Crippen molar-refractivity contribution in [1.29, 1.82) is 0 Å². The molecule has 0 bridgehead atoms. The van der Waals surface area contributed by atoms with E-state index in [1.807, 2.05) is 6.92 Å². The molecule has 1 aromatic carbocycles. The molecule has 2 nitrogen and oxygen atoms in total. The van der Waals surface area contributed by atoms with E-state index in [9.17, 15) is 8.78 Å². The van der Waals surface area contributed by atoms with Crippen LogP contribution in [0, 0.1) is 17.6 Å². The molecule has 1 unspecified atom stereocenters. The molecule has 1 heterocycles. The molecule has 18 heavy (non-hydrogen) atoms. The molecular weight excluding hydrogens is 234 g/mol. The maximum absolute atomic E-state index is 13.5. The number of halogens is 2. The van der Waals surface area contributed by atoms with Gasteiger partial charge in [-0.05, 0) is 50.9 Å². The fraction of sp³-hybridized carbons (Fsp3) is 0.571. The summed E-state index contributed by atoms with van der Waals surface area (Å²) in [4.78, 5) is 2.10. The molecular formula is C14H20F2N2. The van der Waals surface area contributed by atoms with Crippen LogP contribution >= 0.6 is 0 Å². The Morgan fingerprint density at radius 2 is 1.83 bits per heavy atom. The van der Waals surface area contributed by atoms with Crippen LogP contribution in [-0.4, -0.2) is 24.0 Å². The normalized spacial score (nSPS) is 20.0. The lowest BCUT2D eigenvalue weighted by Crippen LogP contribution is -2.39. The number of piperidine rings is 1. The predicted molar refractivity (Wildman–Crippen MR) is 68.0 cm³/mol.